The van der Waals surface area contributed by atoms with Crippen LogP contribution in [0.5, 0.6) is 5.75 Å². The van der Waals surface area contributed by atoms with E-state index in [0.717, 1.165) is 35.9 Å². The van der Waals surface area contributed by atoms with Gasteiger partial charge in [-0.25, -0.2) is 4.79 Å². The Balaban J connectivity index is 1.95. The summed E-state index contributed by atoms with van der Waals surface area (Å²) in [5, 5.41) is 0. The normalized spacial score (nSPS) is 10.1. The molecule has 0 radical (unpaired) electrons. The lowest BCUT2D eigenvalue weighted by atomic mass is 10.2. The van der Waals surface area contributed by atoms with Gasteiger partial charge in [0.05, 0.1) is 13.2 Å². The van der Waals surface area contributed by atoms with E-state index in [-0.39, 0.29) is 0 Å². The number of carbonyl (C=O) groups is 1. The molecule has 1 aromatic rings. The van der Waals surface area contributed by atoms with Gasteiger partial charge in [0.1, 0.15) is 5.75 Å². The molecule has 1 amide bonds. The van der Waals surface area contributed by atoms with Crippen LogP contribution >= 0.6 is 15.9 Å². The molecule has 0 saturated carbocycles. The first-order chi connectivity index (χ1) is 8.68. The first kappa shape index (κ1) is 14.8. The number of benzene rings is 1. The van der Waals surface area contributed by atoms with E-state index < -0.39 is 6.09 Å². The molecular formula is C13H18BrNO3. The van der Waals surface area contributed by atoms with Crippen LogP contribution in [0.3, 0.4) is 0 Å². The average molecular weight is 316 g/mol. The zero-order chi connectivity index (χ0) is 13.2. The van der Waals surface area contributed by atoms with Crippen molar-refractivity contribution < 1.29 is 14.3 Å². The fourth-order valence-electron chi connectivity index (χ4n) is 1.45. The summed E-state index contributed by atoms with van der Waals surface area (Å²) in [4.78, 5) is 10.3. The topological polar surface area (TPSA) is 61.6 Å². The van der Waals surface area contributed by atoms with E-state index in [9.17, 15) is 4.79 Å². The molecule has 1 rings (SSSR count). The van der Waals surface area contributed by atoms with Crippen LogP contribution in [0.4, 0.5) is 4.79 Å². The van der Waals surface area contributed by atoms with Gasteiger partial charge in [-0.15, -0.1) is 0 Å². The molecule has 0 aliphatic heterocycles. The van der Waals surface area contributed by atoms with Crippen LogP contribution < -0.4 is 10.5 Å². The summed E-state index contributed by atoms with van der Waals surface area (Å²) >= 11 is 3.37. The van der Waals surface area contributed by atoms with Gasteiger partial charge < -0.3 is 15.2 Å². The molecule has 0 heterocycles. The Bertz CT molecular complexity index is 354. The van der Waals surface area contributed by atoms with Crippen molar-refractivity contribution in [1.82, 2.24) is 0 Å². The lowest BCUT2D eigenvalue weighted by Gasteiger charge is -2.06. The van der Waals surface area contributed by atoms with Crippen molar-refractivity contribution in [1.29, 1.82) is 0 Å². The smallest absolute Gasteiger partial charge is 0.404 e. The summed E-state index contributed by atoms with van der Waals surface area (Å²) in [7, 11) is 0. The summed E-state index contributed by atoms with van der Waals surface area (Å²) in [6.07, 6.45) is 3.21. The Kier molecular flexibility index (Phi) is 7.25. The standard InChI is InChI=1S/C13H18BrNO3/c14-11-5-7-12(8-6-11)17-9-3-1-2-4-10-18-13(15)16/h5-8H,1-4,9-10H2,(H2,15,16). The number of hydrogen-bond acceptors (Lipinski definition) is 3. The summed E-state index contributed by atoms with van der Waals surface area (Å²) in [6.45, 7) is 1.11. The molecule has 0 fully saturated rings. The fourth-order valence-corrected chi connectivity index (χ4v) is 1.72. The van der Waals surface area contributed by atoms with Gasteiger partial charge in [0.2, 0.25) is 0 Å². The highest BCUT2D eigenvalue weighted by molar-refractivity contribution is 9.10. The first-order valence-corrected chi connectivity index (χ1v) is 6.78. The summed E-state index contributed by atoms with van der Waals surface area (Å²) in [5.41, 5.74) is 4.85. The molecule has 2 N–H and O–H groups in total. The number of carbonyl (C=O) groups excluding carboxylic acids is 1. The quantitative estimate of drug-likeness (QED) is 0.747. The lowest BCUT2D eigenvalue weighted by molar-refractivity contribution is 0.154. The predicted octanol–water partition coefficient (Wildman–Crippen LogP) is 3.48. The third-order valence-corrected chi connectivity index (χ3v) is 2.89. The molecule has 0 spiro atoms. The molecule has 0 saturated heterocycles. The molecule has 0 aromatic heterocycles. The van der Waals surface area contributed by atoms with Crippen molar-refractivity contribution in [2.75, 3.05) is 13.2 Å². The van der Waals surface area contributed by atoms with Gasteiger partial charge in [0.15, 0.2) is 0 Å². The second-order valence-corrected chi connectivity index (χ2v) is 4.80. The molecular weight excluding hydrogens is 298 g/mol. The maximum atomic E-state index is 10.3. The van der Waals surface area contributed by atoms with Gasteiger partial charge in [-0.3, -0.25) is 0 Å². The van der Waals surface area contributed by atoms with Crippen LogP contribution in [0.15, 0.2) is 28.7 Å². The van der Waals surface area contributed by atoms with Gasteiger partial charge in [-0.2, -0.15) is 0 Å². The molecule has 5 heteroatoms. The van der Waals surface area contributed by atoms with E-state index in [1.54, 1.807) is 0 Å². The minimum atomic E-state index is -0.700. The maximum Gasteiger partial charge on any atom is 0.404 e. The Morgan fingerprint density at radius 3 is 2.28 bits per heavy atom. The Morgan fingerprint density at radius 2 is 1.67 bits per heavy atom. The number of ether oxygens (including phenoxy) is 2. The summed E-state index contributed by atoms with van der Waals surface area (Å²) in [6, 6.07) is 7.78. The van der Waals surface area contributed by atoms with Crippen LogP contribution in [0.2, 0.25) is 0 Å². The van der Waals surface area contributed by atoms with Crippen LogP contribution in [0.25, 0.3) is 0 Å². The van der Waals surface area contributed by atoms with Gasteiger partial charge in [0, 0.05) is 4.47 Å². The average Bonchev–Trinajstić information content (AvgIpc) is 2.34. The SMILES string of the molecule is NC(=O)OCCCCCCOc1ccc(Br)cc1. The second-order valence-electron chi connectivity index (χ2n) is 3.88. The van der Waals surface area contributed by atoms with E-state index >= 15 is 0 Å². The number of primary amides is 1. The largest absolute Gasteiger partial charge is 0.494 e. The molecule has 0 aliphatic rings. The van der Waals surface area contributed by atoms with Crippen molar-refractivity contribution in [2.24, 2.45) is 5.73 Å². The minimum absolute atomic E-state index is 0.406. The van der Waals surface area contributed by atoms with Gasteiger partial charge >= 0.3 is 6.09 Å². The molecule has 0 bridgehead atoms. The van der Waals surface area contributed by atoms with Gasteiger partial charge in [-0.05, 0) is 49.9 Å². The van der Waals surface area contributed by atoms with Crippen LogP contribution in [-0.2, 0) is 4.74 Å². The number of unbranched alkanes of at least 4 members (excludes halogenated alkanes) is 3. The van der Waals surface area contributed by atoms with E-state index in [0.29, 0.717) is 13.2 Å². The van der Waals surface area contributed by atoms with Gasteiger partial charge in [0.25, 0.3) is 0 Å². The number of amides is 1. The fraction of sp³-hybridized carbons (Fsp3) is 0.462. The molecule has 0 unspecified atom stereocenters. The maximum absolute atomic E-state index is 10.3. The van der Waals surface area contributed by atoms with E-state index in [4.69, 9.17) is 10.5 Å². The van der Waals surface area contributed by atoms with Crippen molar-refractivity contribution in [3.63, 3.8) is 0 Å². The highest BCUT2D eigenvalue weighted by atomic mass is 79.9. The number of nitrogens with two attached hydrogens (primary N) is 1. The highest BCUT2D eigenvalue weighted by Crippen LogP contribution is 2.16. The number of rotatable bonds is 8. The van der Waals surface area contributed by atoms with Crippen LogP contribution in [0.1, 0.15) is 25.7 Å². The summed E-state index contributed by atoms with van der Waals surface area (Å²) in [5.74, 6) is 0.885. The molecule has 18 heavy (non-hydrogen) atoms. The van der Waals surface area contributed by atoms with E-state index in [1.807, 2.05) is 24.3 Å². The Morgan fingerprint density at radius 1 is 1.06 bits per heavy atom. The molecule has 100 valence electrons. The highest BCUT2D eigenvalue weighted by Gasteiger charge is 1.96. The third kappa shape index (κ3) is 7.17. The summed E-state index contributed by atoms with van der Waals surface area (Å²) < 4.78 is 11.3. The molecule has 0 atom stereocenters. The van der Waals surface area contributed by atoms with E-state index in [2.05, 4.69) is 20.7 Å². The van der Waals surface area contributed by atoms with Gasteiger partial charge in [-0.1, -0.05) is 15.9 Å². The number of hydrogen-bond donors (Lipinski definition) is 1. The third-order valence-electron chi connectivity index (χ3n) is 2.37. The zero-order valence-electron chi connectivity index (χ0n) is 10.2. The first-order valence-electron chi connectivity index (χ1n) is 5.99. The molecule has 0 aliphatic carbocycles. The predicted molar refractivity (Wildman–Crippen MR) is 73.6 cm³/mol. The van der Waals surface area contributed by atoms with Crippen LogP contribution in [0, 0.1) is 0 Å². The number of halogens is 1. The van der Waals surface area contributed by atoms with Crippen molar-refractivity contribution in [3.05, 3.63) is 28.7 Å². The zero-order valence-corrected chi connectivity index (χ0v) is 11.8. The Hall–Kier alpha value is -1.23. The second kappa shape index (κ2) is 8.80. The molecule has 4 nitrogen and oxygen atoms in total. The van der Waals surface area contributed by atoms with E-state index in [1.165, 1.54) is 0 Å². The van der Waals surface area contributed by atoms with Crippen LogP contribution in [-0.4, -0.2) is 19.3 Å². The lowest BCUT2D eigenvalue weighted by Crippen LogP contribution is -2.13. The minimum Gasteiger partial charge on any atom is -0.494 e. The Labute approximate surface area is 116 Å². The van der Waals surface area contributed by atoms with Crippen molar-refractivity contribution >= 4 is 22.0 Å². The monoisotopic (exact) mass is 315 g/mol. The molecule has 1 aromatic carbocycles. The van der Waals surface area contributed by atoms with Crippen molar-refractivity contribution in [2.45, 2.75) is 25.7 Å². The van der Waals surface area contributed by atoms with Crippen molar-refractivity contribution in [3.8, 4) is 5.75 Å².